The molecule has 0 unspecified atom stereocenters. The summed E-state index contributed by atoms with van der Waals surface area (Å²) in [5.41, 5.74) is 0.230. The Labute approximate surface area is 71.0 Å². The average molecular weight is 165 g/mol. The Hall–Kier alpha value is -1.09. The maximum absolute atomic E-state index is 9.80. The molecule has 1 aliphatic carbocycles. The quantitative estimate of drug-likeness (QED) is 0.712. The van der Waals surface area contributed by atoms with Crippen molar-refractivity contribution in [3.8, 4) is 5.75 Å². The summed E-state index contributed by atoms with van der Waals surface area (Å²) < 4.78 is 5.09. The lowest BCUT2D eigenvalue weighted by molar-refractivity contribution is 0.147. The van der Waals surface area contributed by atoms with Gasteiger partial charge in [0.2, 0.25) is 0 Å². The van der Waals surface area contributed by atoms with E-state index in [1.165, 1.54) is 0 Å². The van der Waals surface area contributed by atoms with Crippen molar-refractivity contribution in [2.75, 3.05) is 7.11 Å². The second kappa shape index (κ2) is 2.45. The monoisotopic (exact) mass is 165 g/mol. The van der Waals surface area contributed by atoms with Crippen molar-refractivity contribution in [1.82, 2.24) is 4.98 Å². The van der Waals surface area contributed by atoms with Crippen molar-refractivity contribution >= 4 is 0 Å². The number of aliphatic hydroxyl groups is 1. The molecule has 3 heteroatoms. The predicted octanol–water partition coefficient (Wildman–Crippen LogP) is 1.07. The number of methoxy groups -OCH3 is 1. The van der Waals surface area contributed by atoms with Crippen LogP contribution in [-0.2, 0) is 5.60 Å². The van der Waals surface area contributed by atoms with Crippen molar-refractivity contribution in [2.45, 2.75) is 18.4 Å². The van der Waals surface area contributed by atoms with Gasteiger partial charge in [-0.15, -0.1) is 0 Å². The van der Waals surface area contributed by atoms with E-state index in [-0.39, 0.29) is 0 Å². The molecule has 1 saturated carbocycles. The van der Waals surface area contributed by atoms with Crippen molar-refractivity contribution < 1.29 is 9.84 Å². The Morgan fingerprint density at radius 3 is 2.92 bits per heavy atom. The van der Waals surface area contributed by atoms with E-state index in [2.05, 4.69) is 4.98 Å². The van der Waals surface area contributed by atoms with Crippen molar-refractivity contribution in [2.24, 2.45) is 0 Å². The fraction of sp³-hybridized carbons (Fsp3) is 0.444. The van der Waals surface area contributed by atoms with Crippen molar-refractivity contribution in [1.29, 1.82) is 0 Å². The van der Waals surface area contributed by atoms with E-state index in [1.54, 1.807) is 19.5 Å². The largest absolute Gasteiger partial charge is 0.495 e. The van der Waals surface area contributed by atoms with Gasteiger partial charge >= 0.3 is 0 Å². The van der Waals surface area contributed by atoms with Crippen LogP contribution in [0.3, 0.4) is 0 Å². The van der Waals surface area contributed by atoms with Crippen LogP contribution in [0.25, 0.3) is 0 Å². The average Bonchev–Trinajstić information content (AvgIpc) is 2.85. The fourth-order valence-electron chi connectivity index (χ4n) is 1.31. The van der Waals surface area contributed by atoms with Crippen molar-refractivity contribution in [3.63, 3.8) is 0 Å². The normalized spacial score (nSPS) is 18.8. The molecule has 64 valence electrons. The maximum Gasteiger partial charge on any atom is 0.143 e. The van der Waals surface area contributed by atoms with Crippen LogP contribution in [0.5, 0.6) is 5.75 Å². The van der Waals surface area contributed by atoms with E-state index in [0.29, 0.717) is 5.75 Å². The lowest BCUT2D eigenvalue weighted by atomic mass is 10.1. The third-order valence-electron chi connectivity index (χ3n) is 2.23. The first-order chi connectivity index (χ1) is 5.76. The summed E-state index contributed by atoms with van der Waals surface area (Å²) >= 11 is 0. The van der Waals surface area contributed by atoms with Gasteiger partial charge in [-0.2, -0.15) is 0 Å². The van der Waals surface area contributed by atoms with Gasteiger partial charge in [0.15, 0.2) is 0 Å². The molecule has 1 fully saturated rings. The number of hydrogen-bond donors (Lipinski definition) is 1. The standard InChI is InChI=1S/C9H11NO2/c1-12-8-6-10-5-2-7(8)9(11)3-4-9/h2,5-6,11H,3-4H2,1H3. The molecule has 1 aliphatic rings. The molecule has 0 atom stereocenters. The van der Waals surface area contributed by atoms with Crippen LogP contribution in [-0.4, -0.2) is 17.2 Å². The first kappa shape index (κ1) is 7.55. The zero-order chi connectivity index (χ0) is 8.60. The molecule has 1 aromatic heterocycles. The first-order valence-corrected chi connectivity index (χ1v) is 3.97. The predicted molar refractivity (Wildman–Crippen MR) is 43.9 cm³/mol. The number of rotatable bonds is 2. The van der Waals surface area contributed by atoms with E-state index in [1.807, 2.05) is 6.07 Å². The molecule has 12 heavy (non-hydrogen) atoms. The highest BCUT2D eigenvalue weighted by molar-refractivity contribution is 5.38. The number of hydrogen-bond acceptors (Lipinski definition) is 3. The Kier molecular flexibility index (Phi) is 1.54. The lowest BCUT2D eigenvalue weighted by Crippen LogP contribution is -2.06. The SMILES string of the molecule is COc1cnccc1C1(O)CC1. The summed E-state index contributed by atoms with van der Waals surface area (Å²) in [5, 5.41) is 9.80. The van der Waals surface area contributed by atoms with Crippen LogP contribution < -0.4 is 4.74 Å². The summed E-state index contributed by atoms with van der Waals surface area (Å²) in [4.78, 5) is 3.92. The summed E-state index contributed by atoms with van der Waals surface area (Å²) in [6.07, 6.45) is 4.96. The van der Waals surface area contributed by atoms with E-state index in [4.69, 9.17) is 4.74 Å². The number of ether oxygens (including phenoxy) is 1. The molecule has 0 radical (unpaired) electrons. The highest BCUT2D eigenvalue weighted by Crippen LogP contribution is 2.48. The number of pyridine rings is 1. The second-order valence-corrected chi connectivity index (χ2v) is 3.11. The Morgan fingerprint density at radius 2 is 2.33 bits per heavy atom. The molecule has 2 rings (SSSR count). The topological polar surface area (TPSA) is 42.4 Å². The van der Waals surface area contributed by atoms with Gasteiger partial charge in [0.25, 0.3) is 0 Å². The van der Waals surface area contributed by atoms with Gasteiger partial charge in [-0.1, -0.05) is 0 Å². The molecule has 1 N–H and O–H groups in total. The fourth-order valence-corrected chi connectivity index (χ4v) is 1.31. The van der Waals surface area contributed by atoms with Crippen LogP contribution in [0, 0.1) is 0 Å². The van der Waals surface area contributed by atoms with E-state index in [9.17, 15) is 5.11 Å². The second-order valence-electron chi connectivity index (χ2n) is 3.11. The van der Waals surface area contributed by atoms with E-state index < -0.39 is 5.60 Å². The smallest absolute Gasteiger partial charge is 0.143 e. The Morgan fingerprint density at radius 1 is 1.58 bits per heavy atom. The highest BCUT2D eigenvalue weighted by atomic mass is 16.5. The van der Waals surface area contributed by atoms with Crippen molar-refractivity contribution in [3.05, 3.63) is 24.0 Å². The Bertz CT molecular complexity index is 294. The molecule has 3 nitrogen and oxygen atoms in total. The maximum atomic E-state index is 9.80. The molecule has 0 aromatic carbocycles. The molecular formula is C9H11NO2. The van der Waals surface area contributed by atoms with Crippen LogP contribution in [0.2, 0.25) is 0 Å². The minimum atomic E-state index is -0.631. The van der Waals surface area contributed by atoms with Gasteiger partial charge < -0.3 is 9.84 Å². The van der Waals surface area contributed by atoms with Gasteiger partial charge in [-0.3, -0.25) is 4.98 Å². The first-order valence-electron chi connectivity index (χ1n) is 3.97. The van der Waals surface area contributed by atoms with Gasteiger partial charge in [-0.05, 0) is 18.9 Å². The molecule has 1 aromatic rings. The molecule has 0 aliphatic heterocycles. The van der Waals surface area contributed by atoms with Gasteiger partial charge in [0, 0.05) is 11.8 Å². The molecule has 0 bridgehead atoms. The zero-order valence-corrected chi connectivity index (χ0v) is 6.95. The van der Waals surface area contributed by atoms with Gasteiger partial charge in [-0.25, -0.2) is 0 Å². The Balaban J connectivity index is 2.42. The number of nitrogens with zero attached hydrogens (tertiary/aromatic N) is 1. The third-order valence-corrected chi connectivity index (χ3v) is 2.23. The summed E-state index contributed by atoms with van der Waals surface area (Å²) in [6.45, 7) is 0. The minimum Gasteiger partial charge on any atom is -0.495 e. The molecular weight excluding hydrogens is 154 g/mol. The van der Waals surface area contributed by atoms with E-state index >= 15 is 0 Å². The van der Waals surface area contributed by atoms with Crippen LogP contribution in [0.4, 0.5) is 0 Å². The molecule has 0 saturated heterocycles. The molecule has 0 spiro atoms. The summed E-state index contributed by atoms with van der Waals surface area (Å²) in [5.74, 6) is 0.678. The zero-order valence-electron chi connectivity index (χ0n) is 6.95. The highest BCUT2D eigenvalue weighted by Gasteiger charge is 2.44. The van der Waals surface area contributed by atoms with Crippen LogP contribution >= 0.6 is 0 Å². The third kappa shape index (κ3) is 1.06. The lowest BCUT2D eigenvalue weighted by Gasteiger charge is -2.11. The number of aromatic nitrogens is 1. The van der Waals surface area contributed by atoms with Crippen LogP contribution in [0.15, 0.2) is 18.5 Å². The van der Waals surface area contributed by atoms with Gasteiger partial charge in [0.1, 0.15) is 5.75 Å². The van der Waals surface area contributed by atoms with Crippen LogP contribution in [0.1, 0.15) is 18.4 Å². The molecule has 1 heterocycles. The minimum absolute atomic E-state index is 0.631. The molecule has 0 amide bonds. The van der Waals surface area contributed by atoms with Gasteiger partial charge in [0.05, 0.1) is 18.9 Å². The summed E-state index contributed by atoms with van der Waals surface area (Å²) in [6, 6.07) is 1.81. The van der Waals surface area contributed by atoms with E-state index in [0.717, 1.165) is 18.4 Å². The summed E-state index contributed by atoms with van der Waals surface area (Å²) in [7, 11) is 1.59.